The molecule has 0 amide bonds. The molecule has 0 aliphatic rings. The van der Waals surface area contributed by atoms with Crippen LogP contribution in [0.2, 0.25) is 0 Å². The molecule has 0 aliphatic heterocycles. The van der Waals surface area contributed by atoms with Crippen molar-refractivity contribution in [3.8, 4) is 0 Å². The summed E-state index contributed by atoms with van der Waals surface area (Å²) in [5, 5.41) is 8.28. The van der Waals surface area contributed by atoms with Crippen molar-refractivity contribution in [2.75, 3.05) is 0 Å². The number of hydrogen-bond donors (Lipinski definition) is 0. The molecule has 3 aromatic heterocycles. The van der Waals surface area contributed by atoms with Gasteiger partial charge < -0.3 is 4.42 Å². The van der Waals surface area contributed by atoms with Crippen LogP contribution in [0.25, 0.3) is 0 Å². The minimum Gasteiger partial charge on any atom is -0.449 e. The Morgan fingerprint density at radius 3 is 1.71 bits per heavy atom. The zero-order valence-corrected chi connectivity index (χ0v) is 18.3. The van der Waals surface area contributed by atoms with E-state index in [1.165, 1.54) is 5.56 Å². The fraction of sp³-hybridized carbons (Fsp3) is 0.591. The molecular weight excluding hydrogens is 350 g/mol. The first-order valence-electron chi connectivity index (χ1n) is 9.50. The molecule has 0 aliphatic carbocycles. The van der Waals surface area contributed by atoms with Gasteiger partial charge in [-0.25, -0.2) is 4.98 Å². The first kappa shape index (κ1) is 25.6. The lowest BCUT2D eigenvalue weighted by Gasteiger charge is -1.95. The smallest absolute Gasteiger partial charge is 0.191 e. The zero-order chi connectivity index (χ0) is 20.6. The van der Waals surface area contributed by atoms with Crippen LogP contribution < -0.4 is 0 Å². The summed E-state index contributed by atoms with van der Waals surface area (Å²) in [6.45, 7) is 14.7. The van der Waals surface area contributed by atoms with Crippen molar-refractivity contribution in [1.29, 1.82) is 0 Å². The Hall–Kier alpha value is -2.37. The molecule has 0 N–H and O–H groups in total. The van der Waals surface area contributed by atoms with Gasteiger partial charge in [-0.1, -0.05) is 49.0 Å². The zero-order valence-electron chi connectivity index (χ0n) is 18.3. The lowest BCUT2D eigenvalue weighted by Crippen LogP contribution is -1.92. The largest absolute Gasteiger partial charge is 0.449 e. The van der Waals surface area contributed by atoms with Crippen LogP contribution in [0, 0.1) is 6.92 Å². The van der Waals surface area contributed by atoms with E-state index < -0.39 is 0 Å². The van der Waals surface area contributed by atoms with Gasteiger partial charge in [0.25, 0.3) is 0 Å². The molecule has 0 atom stereocenters. The average molecular weight is 390 g/mol. The number of rotatable bonds is 3. The minimum absolute atomic E-state index is 0. The minimum atomic E-state index is 0. The number of hydrogen-bond acceptors (Lipinski definition) is 4. The molecule has 3 heterocycles. The van der Waals surface area contributed by atoms with E-state index in [2.05, 4.69) is 56.7 Å². The fourth-order valence-electron chi connectivity index (χ4n) is 2.12. The van der Waals surface area contributed by atoms with Gasteiger partial charge in [-0.3, -0.25) is 9.36 Å². The van der Waals surface area contributed by atoms with Crippen LogP contribution in [0.15, 0.2) is 35.3 Å². The van der Waals surface area contributed by atoms with Gasteiger partial charge in [0, 0.05) is 33.4 Å². The second-order valence-electron chi connectivity index (χ2n) is 7.62. The molecule has 0 fully saturated rings. The summed E-state index contributed by atoms with van der Waals surface area (Å²) < 4.78 is 8.67. The van der Waals surface area contributed by atoms with E-state index in [1.54, 1.807) is 6.26 Å². The highest BCUT2D eigenvalue weighted by Gasteiger charge is 2.02. The predicted molar refractivity (Wildman–Crippen MR) is 117 cm³/mol. The fourth-order valence-corrected chi connectivity index (χ4v) is 2.12. The summed E-state index contributed by atoms with van der Waals surface area (Å²) >= 11 is 0. The SMILES string of the molecule is C.CC(C)c1ccn(C)n1.CC(C)c1cnn(C)c1.Cc1nc(C(C)C)co1. The number of nitrogens with zero attached hydrogens (tertiary/aromatic N) is 5. The molecule has 0 spiro atoms. The van der Waals surface area contributed by atoms with Gasteiger partial charge >= 0.3 is 0 Å². The summed E-state index contributed by atoms with van der Waals surface area (Å²) in [6.07, 6.45) is 7.63. The first-order valence-corrected chi connectivity index (χ1v) is 9.50. The highest BCUT2D eigenvalue weighted by molar-refractivity contribution is 5.08. The van der Waals surface area contributed by atoms with E-state index in [-0.39, 0.29) is 7.43 Å². The third-order valence-corrected chi connectivity index (χ3v) is 3.95. The maximum atomic E-state index is 5.01. The van der Waals surface area contributed by atoms with Gasteiger partial charge in [0.2, 0.25) is 0 Å². The maximum Gasteiger partial charge on any atom is 0.191 e. The average Bonchev–Trinajstić information content (AvgIpc) is 3.30. The van der Waals surface area contributed by atoms with E-state index in [4.69, 9.17) is 4.42 Å². The van der Waals surface area contributed by atoms with Crippen LogP contribution in [0.1, 0.15) is 89.6 Å². The van der Waals surface area contributed by atoms with Crippen LogP contribution in [0.4, 0.5) is 0 Å². The summed E-state index contributed by atoms with van der Waals surface area (Å²) in [7, 11) is 3.87. The van der Waals surface area contributed by atoms with E-state index >= 15 is 0 Å². The molecule has 0 aromatic carbocycles. The molecule has 0 saturated carbocycles. The summed E-state index contributed by atoms with van der Waals surface area (Å²) in [6, 6.07) is 2.05. The third kappa shape index (κ3) is 9.02. The molecule has 0 unspecified atom stereocenters. The topological polar surface area (TPSA) is 61.7 Å². The lowest BCUT2D eigenvalue weighted by molar-refractivity contribution is 0.520. The lowest BCUT2D eigenvalue weighted by atomic mass is 10.1. The Bertz CT molecular complexity index is 675. The van der Waals surface area contributed by atoms with Gasteiger partial charge in [-0.05, 0) is 29.4 Å². The van der Waals surface area contributed by atoms with Gasteiger partial charge in [0.15, 0.2) is 5.89 Å². The van der Waals surface area contributed by atoms with Crippen molar-refractivity contribution in [2.45, 2.75) is 73.6 Å². The Labute approximate surface area is 171 Å². The molecule has 6 heteroatoms. The maximum absolute atomic E-state index is 5.01. The van der Waals surface area contributed by atoms with Crippen molar-refractivity contribution >= 4 is 0 Å². The number of aromatic nitrogens is 5. The van der Waals surface area contributed by atoms with E-state index in [0.29, 0.717) is 17.8 Å². The third-order valence-electron chi connectivity index (χ3n) is 3.95. The van der Waals surface area contributed by atoms with Crippen molar-refractivity contribution in [3.63, 3.8) is 0 Å². The van der Waals surface area contributed by atoms with E-state index in [9.17, 15) is 0 Å². The molecule has 0 saturated heterocycles. The highest BCUT2D eigenvalue weighted by Crippen LogP contribution is 2.12. The van der Waals surface area contributed by atoms with Crippen LogP contribution in [0.3, 0.4) is 0 Å². The normalized spacial score (nSPS) is 10.3. The first-order chi connectivity index (χ1) is 12.6. The summed E-state index contributed by atoms with van der Waals surface area (Å²) in [5.41, 5.74) is 3.50. The van der Waals surface area contributed by atoms with Gasteiger partial charge in [-0.15, -0.1) is 0 Å². The second-order valence-corrected chi connectivity index (χ2v) is 7.62. The second kappa shape index (κ2) is 12.2. The van der Waals surface area contributed by atoms with Gasteiger partial charge in [0.05, 0.1) is 17.6 Å². The number of aryl methyl sites for hydroxylation is 3. The Balaban J connectivity index is 0.000000384. The van der Waals surface area contributed by atoms with Crippen LogP contribution >= 0.6 is 0 Å². The summed E-state index contributed by atoms with van der Waals surface area (Å²) in [4.78, 5) is 4.14. The van der Waals surface area contributed by atoms with E-state index in [1.807, 2.05) is 55.0 Å². The molecule has 3 aromatic rings. The van der Waals surface area contributed by atoms with Crippen molar-refractivity contribution in [3.05, 3.63) is 53.8 Å². The molecular formula is C22H39N5O. The standard InChI is InChI=1S/2C7H12N2.C7H11NO.CH4/c1-6(2)7-4-8-9(3)5-7;1-6(2)7-4-5-9(3)8-7;1-5(2)7-4-9-6(3)8-7;/h2*4-6H,1-3H3;4-5H,1-3H3;1H4. The summed E-state index contributed by atoms with van der Waals surface area (Å²) in [5.74, 6) is 2.37. The van der Waals surface area contributed by atoms with Crippen molar-refractivity contribution in [2.24, 2.45) is 14.1 Å². The van der Waals surface area contributed by atoms with Crippen molar-refractivity contribution < 1.29 is 4.42 Å². The molecule has 6 nitrogen and oxygen atoms in total. The van der Waals surface area contributed by atoms with Crippen LogP contribution in [-0.4, -0.2) is 24.5 Å². The van der Waals surface area contributed by atoms with E-state index in [0.717, 1.165) is 17.3 Å². The predicted octanol–water partition coefficient (Wildman–Crippen LogP) is 5.83. The quantitative estimate of drug-likeness (QED) is 0.565. The number of oxazole rings is 1. The van der Waals surface area contributed by atoms with Crippen LogP contribution in [0.5, 0.6) is 0 Å². The Kier molecular flexibility index (Phi) is 11.1. The van der Waals surface area contributed by atoms with Crippen molar-refractivity contribution in [1.82, 2.24) is 24.5 Å². The molecule has 3 rings (SSSR count). The molecule has 0 bridgehead atoms. The van der Waals surface area contributed by atoms with Gasteiger partial charge in [0.1, 0.15) is 6.26 Å². The molecule has 158 valence electrons. The van der Waals surface area contributed by atoms with Gasteiger partial charge in [-0.2, -0.15) is 10.2 Å². The Morgan fingerprint density at radius 1 is 0.893 bits per heavy atom. The highest BCUT2D eigenvalue weighted by atomic mass is 16.3. The monoisotopic (exact) mass is 389 g/mol. The molecule has 28 heavy (non-hydrogen) atoms. The molecule has 0 radical (unpaired) electrons. The van der Waals surface area contributed by atoms with Crippen LogP contribution in [-0.2, 0) is 14.1 Å². The Morgan fingerprint density at radius 2 is 1.50 bits per heavy atom.